The van der Waals surface area contributed by atoms with E-state index in [0.717, 1.165) is 5.52 Å². The van der Waals surface area contributed by atoms with E-state index in [9.17, 15) is 0 Å². The lowest BCUT2D eigenvalue weighted by atomic mass is 9.93. The Morgan fingerprint density at radius 3 is 2.94 bits per heavy atom. The second kappa shape index (κ2) is 4.46. The molecule has 3 rings (SSSR count). The zero-order valence-corrected chi connectivity index (χ0v) is 10.2. The maximum atomic E-state index is 4.44. The summed E-state index contributed by atoms with van der Waals surface area (Å²) >= 11 is 0. The molecule has 1 aromatic heterocycles. The Kier molecular flexibility index (Phi) is 2.81. The molecule has 1 aromatic carbocycles. The summed E-state index contributed by atoms with van der Waals surface area (Å²) in [5.41, 5.74) is 2.60. The average molecular weight is 226 g/mol. The van der Waals surface area contributed by atoms with Crippen LogP contribution in [0.4, 0.5) is 0 Å². The van der Waals surface area contributed by atoms with Crippen molar-refractivity contribution in [1.29, 1.82) is 0 Å². The number of aromatic nitrogens is 1. The van der Waals surface area contributed by atoms with Crippen molar-refractivity contribution in [2.24, 2.45) is 0 Å². The van der Waals surface area contributed by atoms with Crippen molar-refractivity contribution in [3.8, 4) is 0 Å². The molecule has 88 valence electrons. The van der Waals surface area contributed by atoms with Crippen molar-refractivity contribution < 1.29 is 0 Å². The van der Waals surface area contributed by atoms with E-state index in [2.05, 4.69) is 41.6 Å². The van der Waals surface area contributed by atoms with Gasteiger partial charge in [0.15, 0.2) is 0 Å². The average Bonchev–Trinajstić information content (AvgIpc) is 2.87. The summed E-state index contributed by atoms with van der Waals surface area (Å²) in [6, 6.07) is 11.4. The molecule has 2 aromatic rings. The fourth-order valence-electron chi connectivity index (χ4n) is 3.01. The summed E-state index contributed by atoms with van der Waals surface area (Å²) in [5, 5.41) is 4.73. The SMILES string of the molecule is CNC1CCC(c2cccc3ncccc23)C1. The Balaban J connectivity index is 2.00. The molecule has 0 saturated heterocycles. The molecule has 1 saturated carbocycles. The van der Waals surface area contributed by atoms with Crippen molar-refractivity contribution in [3.05, 3.63) is 42.1 Å². The third kappa shape index (κ3) is 1.93. The highest BCUT2D eigenvalue weighted by molar-refractivity contribution is 5.82. The molecular formula is C15H18N2. The zero-order chi connectivity index (χ0) is 11.7. The number of hydrogen-bond acceptors (Lipinski definition) is 2. The van der Waals surface area contributed by atoms with Crippen LogP contribution in [0.25, 0.3) is 10.9 Å². The molecule has 2 heteroatoms. The number of nitrogens with one attached hydrogen (secondary N) is 1. The van der Waals surface area contributed by atoms with Gasteiger partial charge in [-0.3, -0.25) is 4.98 Å². The van der Waals surface area contributed by atoms with E-state index in [1.165, 1.54) is 30.2 Å². The fraction of sp³-hybridized carbons (Fsp3) is 0.400. The first kappa shape index (κ1) is 10.7. The number of hydrogen-bond donors (Lipinski definition) is 1. The van der Waals surface area contributed by atoms with E-state index in [1.807, 2.05) is 12.3 Å². The molecule has 1 fully saturated rings. The lowest BCUT2D eigenvalue weighted by Crippen LogP contribution is -2.21. The highest BCUT2D eigenvalue weighted by Crippen LogP contribution is 2.37. The van der Waals surface area contributed by atoms with Gasteiger partial charge in [0.05, 0.1) is 5.52 Å². The summed E-state index contributed by atoms with van der Waals surface area (Å²) in [5.74, 6) is 0.695. The minimum atomic E-state index is 0.687. The van der Waals surface area contributed by atoms with Crippen LogP contribution in [0.5, 0.6) is 0 Å². The number of pyridine rings is 1. The number of benzene rings is 1. The summed E-state index contributed by atoms with van der Waals surface area (Å²) in [7, 11) is 2.07. The third-order valence-corrected chi connectivity index (χ3v) is 3.96. The number of nitrogens with zero attached hydrogens (tertiary/aromatic N) is 1. The molecule has 2 unspecified atom stereocenters. The molecule has 1 heterocycles. The highest BCUT2D eigenvalue weighted by Gasteiger charge is 2.25. The predicted octanol–water partition coefficient (Wildman–Crippen LogP) is 3.09. The Morgan fingerprint density at radius 2 is 2.12 bits per heavy atom. The van der Waals surface area contributed by atoms with Gasteiger partial charge in [0.25, 0.3) is 0 Å². The van der Waals surface area contributed by atoms with E-state index in [0.29, 0.717) is 12.0 Å². The van der Waals surface area contributed by atoms with Crippen LogP contribution in [0, 0.1) is 0 Å². The molecule has 0 bridgehead atoms. The summed E-state index contributed by atoms with van der Waals surface area (Å²) in [6.45, 7) is 0. The normalized spacial score (nSPS) is 24.3. The molecule has 0 radical (unpaired) electrons. The van der Waals surface area contributed by atoms with Crippen LogP contribution in [-0.4, -0.2) is 18.1 Å². The Bertz CT molecular complexity index is 516. The first-order valence-electron chi connectivity index (χ1n) is 6.39. The van der Waals surface area contributed by atoms with Crippen molar-refractivity contribution in [1.82, 2.24) is 10.3 Å². The molecule has 17 heavy (non-hydrogen) atoms. The summed E-state index contributed by atoms with van der Waals surface area (Å²) in [6.07, 6.45) is 5.71. The Hall–Kier alpha value is -1.41. The molecule has 2 nitrogen and oxygen atoms in total. The first-order chi connectivity index (χ1) is 8.38. The van der Waals surface area contributed by atoms with Gasteiger partial charge in [-0.05, 0) is 49.9 Å². The van der Waals surface area contributed by atoms with E-state index < -0.39 is 0 Å². The lowest BCUT2D eigenvalue weighted by Gasteiger charge is -2.13. The molecule has 1 aliphatic carbocycles. The van der Waals surface area contributed by atoms with Gasteiger partial charge in [-0.1, -0.05) is 18.2 Å². The van der Waals surface area contributed by atoms with Crippen LogP contribution in [0.2, 0.25) is 0 Å². The number of rotatable bonds is 2. The highest BCUT2D eigenvalue weighted by atomic mass is 14.9. The minimum absolute atomic E-state index is 0.687. The monoisotopic (exact) mass is 226 g/mol. The quantitative estimate of drug-likeness (QED) is 0.851. The predicted molar refractivity (Wildman–Crippen MR) is 71.2 cm³/mol. The van der Waals surface area contributed by atoms with Crippen molar-refractivity contribution in [2.45, 2.75) is 31.2 Å². The van der Waals surface area contributed by atoms with Crippen molar-refractivity contribution >= 4 is 10.9 Å². The molecule has 0 aliphatic heterocycles. The third-order valence-electron chi connectivity index (χ3n) is 3.96. The molecule has 1 aliphatic rings. The van der Waals surface area contributed by atoms with Crippen LogP contribution in [0.3, 0.4) is 0 Å². The van der Waals surface area contributed by atoms with E-state index in [1.54, 1.807) is 0 Å². The van der Waals surface area contributed by atoms with Crippen molar-refractivity contribution in [2.75, 3.05) is 7.05 Å². The van der Waals surface area contributed by atoms with Crippen LogP contribution in [0.15, 0.2) is 36.5 Å². The van der Waals surface area contributed by atoms with Crippen LogP contribution in [0.1, 0.15) is 30.7 Å². The van der Waals surface area contributed by atoms with E-state index in [-0.39, 0.29) is 0 Å². The summed E-state index contributed by atoms with van der Waals surface area (Å²) < 4.78 is 0. The van der Waals surface area contributed by atoms with Crippen LogP contribution >= 0.6 is 0 Å². The van der Waals surface area contributed by atoms with Gasteiger partial charge in [-0.2, -0.15) is 0 Å². The summed E-state index contributed by atoms with van der Waals surface area (Å²) in [4.78, 5) is 4.44. The molecule has 0 amide bonds. The molecule has 1 N–H and O–H groups in total. The van der Waals surface area contributed by atoms with Gasteiger partial charge in [-0.25, -0.2) is 0 Å². The van der Waals surface area contributed by atoms with Gasteiger partial charge < -0.3 is 5.32 Å². The van der Waals surface area contributed by atoms with Crippen LogP contribution < -0.4 is 5.32 Å². The van der Waals surface area contributed by atoms with Gasteiger partial charge in [0.1, 0.15) is 0 Å². The first-order valence-corrected chi connectivity index (χ1v) is 6.39. The second-order valence-electron chi connectivity index (χ2n) is 4.91. The fourth-order valence-corrected chi connectivity index (χ4v) is 3.01. The standard InChI is InChI=1S/C15H18N2/c1-16-12-8-7-11(10-12)13-4-2-6-15-14(13)5-3-9-17-15/h2-6,9,11-12,16H,7-8,10H2,1H3. The van der Waals surface area contributed by atoms with Gasteiger partial charge in [-0.15, -0.1) is 0 Å². The molecule has 2 atom stereocenters. The Labute approximate surface area is 102 Å². The maximum absolute atomic E-state index is 4.44. The molecule has 0 spiro atoms. The van der Waals surface area contributed by atoms with E-state index in [4.69, 9.17) is 0 Å². The second-order valence-corrected chi connectivity index (χ2v) is 4.91. The van der Waals surface area contributed by atoms with Gasteiger partial charge in [0, 0.05) is 17.6 Å². The van der Waals surface area contributed by atoms with E-state index >= 15 is 0 Å². The van der Waals surface area contributed by atoms with Gasteiger partial charge >= 0.3 is 0 Å². The minimum Gasteiger partial charge on any atom is -0.317 e. The van der Waals surface area contributed by atoms with Crippen molar-refractivity contribution in [3.63, 3.8) is 0 Å². The van der Waals surface area contributed by atoms with Crippen LogP contribution in [-0.2, 0) is 0 Å². The Morgan fingerprint density at radius 1 is 1.18 bits per heavy atom. The largest absolute Gasteiger partial charge is 0.317 e. The topological polar surface area (TPSA) is 24.9 Å². The smallest absolute Gasteiger partial charge is 0.0704 e. The maximum Gasteiger partial charge on any atom is 0.0704 e. The zero-order valence-electron chi connectivity index (χ0n) is 10.2. The number of fused-ring (bicyclic) bond motifs is 1. The van der Waals surface area contributed by atoms with Gasteiger partial charge in [0.2, 0.25) is 0 Å². The lowest BCUT2D eigenvalue weighted by molar-refractivity contribution is 0.572. The molecular weight excluding hydrogens is 208 g/mol.